The first-order valence-electron chi connectivity index (χ1n) is 6.49. The normalized spacial score (nSPS) is 10.7. The van der Waals surface area contributed by atoms with Crippen molar-refractivity contribution >= 4 is 45.6 Å². The van der Waals surface area contributed by atoms with E-state index in [0.717, 1.165) is 23.5 Å². The van der Waals surface area contributed by atoms with E-state index in [0.29, 0.717) is 0 Å². The van der Waals surface area contributed by atoms with E-state index in [1.807, 2.05) is 0 Å². The number of carbonyl (C=O) groups excluding carboxylic acids is 1. The van der Waals surface area contributed by atoms with E-state index in [2.05, 4.69) is 15.3 Å². The number of nitrogens with zero attached hydrogens (tertiary/aromatic N) is 2. The molecule has 0 aliphatic rings. The molecule has 3 aromatic rings. The summed E-state index contributed by atoms with van der Waals surface area (Å²) in [5.41, 5.74) is -0.248. The molecule has 1 amide bonds. The third-order valence-corrected chi connectivity index (χ3v) is 4.24. The molecule has 0 atom stereocenters. The van der Waals surface area contributed by atoms with Crippen LogP contribution in [0.25, 0.3) is 11.3 Å². The molecule has 0 aliphatic carbocycles. The van der Waals surface area contributed by atoms with Crippen LogP contribution < -0.4 is 5.32 Å². The van der Waals surface area contributed by atoms with E-state index >= 15 is 0 Å². The number of hydrogen-bond acceptors (Lipinski definition) is 4. The lowest BCUT2D eigenvalue weighted by molar-refractivity contribution is 0.102. The predicted octanol–water partition coefficient (Wildman–Crippen LogP) is 5.04. The summed E-state index contributed by atoms with van der Waals surface area (Å²) in [6.07, 6.45) is 0. The Bertz CT molecular complexity index is 913. The average Bonchev–Trinajstić information content (AvgIpc) is 2.97. The summed E-state index contributed by atoms with van der Waals surface area (Å²) < 4.78 is 27.5. The van der Waals surface area contributed by atoms with Gasteiger partial charge in [0.25, 0.3) is 5.91 Å². The van der Waals surface area contributed by atoms with Gasteiger partial charge in [0.15, 0.2) is 5.13 Å². The van der Waals surface area contributed by atoms with Crippen molar-refractivity contribution in [3.05, 3.63) is 63.2 Å². The Labute approximate surface area is 149 Å². The Hall–Kier alpha value is -2.09. The maximum atomic E-state index is 13.8. The molecule has 122 valence electrons. The van der Waals surface area contributed by atoms with Gasteiger partial charge in [-0.05, 0) is 24.3 Å². The third-order valence-electron chi connectivity index (χ3n) is 2.97. The number of aromatic nitrogens is 2. The van der Waals surface area contributed by atoms with Crippen molar-refractivity contribution in [1.82, 2.24) is 9.97 Å². The first-order valence-corrected chi connectivity index (χ1v) is 8.12. The first-order chi connectivity index (χ1) is 11.5. The lowest BCUT2D eigenvalue weighted by atomic mass is 10.1. The van der Waals surface area contributed by atoms with Crippen LogP contribution in [0.2, 0.25) is 10.2 Å². The first kappa shape index (κ1) is 16.8. The molecule has 4 nitrogen and oxygen atoms in total. The van der Waals surface area contributed by atoms with E-state index < -0.39 is 17.5 Å². The standard InChI is InChI=1S/C15H7Cl2F2N3OS/c16-7-4-5-11(17)21-13(7)14(23)22-15-20-10(6-24-15)12-8(18)2-1-3-9(12)19/h1-6H,(H,20,22,23). The van der Waals surface area contributed by atoms with E-state index in [-0.39, 0.29) is 32.3 Å². The maximum Gasteiger partial charge on any atom is 0.277 e. The van der Waals surface area contributed by atoms with Gasteiger partial charge in [0.1, 0.15) is 22.5 Å². The monoisotopic (exact) mass is 385 g/mol. The average molecular weight is 386 g/mol. The van der Waals surface area contributed by atoms with Crippen LogP contribution in [0.15, 0.2) is 35.7 Å². The summed E-state index contributed by atoms with van der Waals surface area (Å²) in [6, 6.07) is 6.41. The fourth-order valence-corrected chi connectivity index (χ4v) is 2.96. The smallest absolute Gasteiger partial charge is 0.277 e. The Morgan fingerprint density at radius 1 is 1.08 bits per heavy atom. The van der Waals surface area contributed by atoms with Gasteiger partial charge in [-0.25, -0.2) is 18.7 Å². The van der Waals surface area contributed by atoms with Crippen LogP contribution in [0, 0.1) is 11.6 Å². The molecular weight excluding hydrogens is 379 g/mol. The quantitative estimate of drug-likeness (QED) is 0.642. The lowest BCUT2D eigenvalue weighted by Gasteiger charge is -2.04. The highest BCUT2D eigenvalue weighted by Gasteiger charge is 2.17. The molecule has 0 spiro atoms. The molecule has 3 rings (SSSR count). The van der Waals surface area contributed by atoms with Crippen LogP contribution in [0.3, 0.4) is 0 Å². The zero-order valence-corrected chi connectivity index (χ0v) is 14.0. The van der Waals surface area contributed by atoms with E-state index in [9.17, 15) is 13.6 Å². The van der Waals surface area contributed by atoms with Gasteiger partial charge in [-0.3, -0.25) is 10.1 Å². The van der Waals surface area contributed by atoms with Crippen LogP contribution >= 0.6 is 34.5 Å². The Morgan fingerprint density at radius 2 is 1.79 bits per heavy atom. The molecule has 0 radical (unpaired) electrons. The highest BCUT2D eigenvalue weighted by molar-refractivity contribution is 7.14. The number of nitrogens with one attached hydrogen (secondary N) is 1. The molecule has 1 aromatic carbocycles. The Kier molecular flexibility index (Phi) is 4.75. The van der Waals surface area contributed by atoms with E-state index in [1.165, 1.54) is 23.6 Å². The molecular formula is C15H7Cl2F2N3OS. The fourth-order valence-electron chi connectivity index (χ4n) is 1.92. The number of hydrogen-bond donors (Lipinski definition) is 1. The van der Waals surface area contributed by atoms with Gasteiger partial charge >= 0.3 is 0 Å². The van der Waals surface area contributed by atoms with Crippen LogP contribution in [0.4, 0.5) is 13.9 Å². The summed E-state index contributed by atoms with van der Waals surface area (Å²) in [5.74, 6) is -2.10. The number of thiazole rings is 1. The van der Waals surface area contributed by atoms with Crippen molar-refractivity contribution in [2.45, 2.75) is 0 Å². The van der Waals surface area contributed by atoms with Gasteiger partial charge < -0.3 is 0 Å². The lowest BCUT2D eigenvalue weighted by Crippen LogP contribution is -2.14. The second-order valence-electron chi connectivity index (χ2n) is 4.55. The van der Waals surface area contributed by atoms with Gasteiger partial charge in [0, 0.05) is 5.38 Å². The van der Waals surface area contributed by atoms with Crippen LogP contribution in [0.1, 0.15) is 10.5 Å². The SMILES string of the molecule is O=C(Nc1nc(-c2c(F)cccc2F)cs1)c1nc(Cl)ccc1Cl. The van der Waals surface area contributed by atoms with Crippen LogP contribution in [0.5, 0.6) is 0 Å². The highest BCUT2D eigenvalue weighted by Crippen LogP contribution is 2.29. The van der Waals surface area contributed by atoms with Gasteiger partial charge in [0.05, 0.1) is 16.3 Å². The number of benzene rings is 1. The molecule has 24 heavy (non-hydrogen) atoms. The summed E-state index contributed by atoms with van der Waals surface area (Å²) in [5, 5.41) is 4.28. The van der Waals surface area contributed by atoms with Crippen molar-refractivity contribution < 1.29 is 13.6 Å². The Morgan fingerprint density at radius 3 is 2.50 bits per heavy atom. The molecule has 2 aromatic heterocycles. The molecule has 1 N–H and O–H groups in total. The maximum absolute atomic E-state index is 13.8. The largest absolute Gasteiger partial charge is 0.296 e. The van der Waals surface area contributed by atoms with Gasteiger partial charge in [-0.1, -0.05) is 29.3 Å². The van der Waals surface area contributed by atoms with Gasteiger partial charge in [0.2, 0.25) is 0 Å². The minimum absolute atomic E-state index is 0.0713. The molecule has 0 saturated heterocycles. The minimum Gasteiger partial charge on any atom is -0.296 e. The minimum atomic E-state index is -0.738. The van der Waals surface area contributed by atoms with Gasteiger partial charge in [-0.2, -0.15) is 0 Å². The van der Waals surface area contributed by atoms with E-state index in [1.54, 1.807) is 0 Å². The van der Waals surface area contributed by atoms with Crippen LogP contribution in [-0.2, 0) is 0 Å². The summed E-state index contributed by atoms with van der Waals surface area (Å²) >= 11 is 12.7. The van der Waals surface area contributed by atoms with Gasteiger partial charge in [-0.15, -0.1) is 11.3 Å². The molecule has 0 aliphatic heterocycles. The van der Waals surface area contributed by atoms with Crippen LogP contribution in [-0.4, -0.2) is 15.9 Å². The fraction of sp³-hybridized carbons (Fsp3) is 0. The zero-order valence-electron chi connectivity index (χ0n) is 11.7. The number of rotatable bonds is 3. The number of halogens is 4. The van der Waals surface area contributed by atoms with E-state index in [4.69, 9.17) is 23.2 Å². The van der Waals surface area contributed by atoms with Crippen molar-refractivity contribution in [1.29, 1.82) is 0 Å². The second-order valence-corrected chi connectivity index (χ2v) is 6.21. The molecule has 9 heteroatoms. The van der Waals surface area contributed by atoms with Crippen molar-refractivity contribution in [2.75, 3.05) is 5.32 Å². The molecule has 0 fully saturated rings. The number of anilines is 1. The number of pyridine rings is 1. The molecule has 0 saturated carbocycles. The van der Waals surface area contributed by atoms with Crippen molar-refractivity contribution in [2.24, 2.45) is 0 Å². The number of amides is 1. The molecule has 0 bridgehead atoms. The summed E-state index contributed by atoms with van der Waals surface area (Å²) in [7, 11) is 0. The molecule has 0 unspecified atom stereocenters. The molecule has 2 heterocycles. The topological polar surface area (TPSA) is 54.9 Å². The summed E-state index contributed by atoms with van der Waals surface area (Å²) in [6.45, 7) is 0. The number of carbonyl (C=O) groups is 1. The van der Waals surface area contributed by atoms with Crippen molar-refractivity contribution in [3.63, 3.8) is 0 Å². The predicted molar refractivity (Wildman–Crippen MR) is 89.7 cm³/mol. The second kappa shape index (κ2) is 6.80. The summed E-state index contributed by atoms with van der Waals surface area (Å²) in [4.78, 5) is 20.0. The third kappa shape index (κ3) is 3.38. The van der Waals surface area contributed by atoms with Crippen molar-refractivity contribution in [3.8, 4) is 11.3 Å². The zero-order chi connectivity index (χ0) is 17.3. The Balaban J connectivity index is 1.87. The highest BCUT2D eigenvalue weighted by atomic mass is 35.5.